The molecular formula is C13H13. The molecule has 2 aromatic rings. The maximum Gasteiger partial charge on any atom is -0.0175 e. The first-order chi connectivity index (χ1) is 6.27. The van der Waals surface area contributed by atoms with Crippen molar-refractivity contribution >= 4 is 10.8 Å². The summed E-state index contributed by atoms with van der Waals surface area (Å²) in [6.45, 7) is 4.43. The quantitative estimate of drug-likeness (QED) is 0.609. The summed E-state index contributed by atoms with van der Waals surface area (Å²) in [6, 6.07) is 15.8. The van der Waals surface area contributed by atoms with Gasteiger partial charge in [0.25, 0.3) is 0 Å². The zero-order valence-electron chi connectivity index (χ0n) is 8.04. The van der Waals surface area contributed by atoms with Crippen molar-refractivity contribution in [2.24, 2.45) is 0 Å². The van der Waals surface area contributed by atoms with Crippen molar-refractivity contribution in [3.8, 4) is 0 Å². The summed E-state index contributed by atoms with van der Waals surface area (Å²) < 4.78 is 0. The number of hydrogen-bond donors (Lipinski definition) is 0. The highest BCUT2D eigenvalue weighted by Crippen LogP contribution is 2.20. The number of fused-ring (bicyclic) bond motifs is 1. The molecule has 0 saturated heterocycles. The van der Waals surface area contributed by atoms with Gasteiger partial charge in [0.1, 0.15) is 0 Å². The van der Waals surface area contributed by atoms with Gasteiger partial charge >= 0.3 is 0 Å². The van der Waals surface area contributed by atoms with E-state index in [1.807, 2.05) is 12.1 Å². The molecule has 13 heavy (non-hydrogen) atoms. The summed E-state index contributed by atoms with van der Waals surface area (Å²) >= 11 is 0. The normalized spacial score (nSPS) is 11.0. The number of benzene rings is 2. The first-order valence-electron chi connectivity index (χ1n) is 4.67. The maximum atomic E-state index is 3.10. The molecule has 0 spiro atoms. The number of hydrogen-bond acceptors (Lipinski definition) is 0. The van der Waals surface area contributed by atoms with Crippen molar-refractivity contribution in [1.29, 1.82) is 0 Å². The van der Waals surface area contributed by atoms with Gasteiger partial charge in [0, 0.05) is 0 Å². The average Bonchev–Trinajstić information content (AvgIpc) is 2.17. The molecular weight excluding hydrogens is 156 g/mol. The van der Waals surface area contributed by atoms with Crippen LogP contribution in [-0.4, -0.2) is 0 Å². The predicted molar refractivity (Wildman–Crippen MR) is 56.9 cm³/mol. The van der Waals surface area contributed by atoms with Gasteiger partial charge in [-0.15, -0.1) is 0 Å². The average molecular weight is 169 g/mol. The van der Waals surface area contributed by atoms with Gasteiger partial charge < -0.3 is 0 Å². The van der Waals surface area contributed by atoms with Gasteiger partial charge in [-0.2, -0.15) is 0 Å². The highest BCUT2D eigenvalue weighted by atomic mass is 14.0. The molecule has 2 rings (SSSR count). The van der Waals surface area contributed by atoms with E-state index in [0.29, 0.717) is 5.92 Å². The van der Waals surface area contributed by atoms with Crippen LogP contribution in [0, 0.1) is 6.07 Å². The van der Waals surface area contributed by atoms with E-state index >= 15 is 0 Å². The van der Waals surface area contributed by atoms with Crippen LogP contribution in [0.15, 0.2) is 36.4 Å². The van der Waals surface area contributed by atoms with Crippen molar-refractivity contribution in [3.63, 3.8) is 0 Å². The van der Waals surface area contributed by atoms with Gasteiger partial charge in [-0.1, -0.05) is 44.2 Å². The van der Waals surface area contributed by atoms with Crippen LogP contribution in [0.3, 0.4) is 0 Å². The molecule has 0 saturated carbocycles. The zero-order valence-corrected chi connectivity index (χ0v) is 8.04. The first-order valence-corrected chi connectivity index (χ1v) is 4.67. The summed E-state index contributed by atoms with van der Waals surface area (Å²) in [4.78, 5) is 0. The van der Waals surface area contributed by atoms with Crippen molar-refractivity contribution in [1.82, 2.24) is 0 Å². The van der Waals surface area contributed by atoms with Crippen molar-refractivity contribution < 1.29 is 0 Å². The lowest BCUT2D eigenvalue weighted by molar-refractivity contribution is 0.869. The molecule has 0 amide bonds. The Balaban J connectivity index is 2.62. The summed E-state index contributed by atoms with van der Waals surface area (Å²) in [5, 5.41) is 2.58. The van der Waals surface area contributed by atoms with Crippen molar-refractivity contribution in [3.05, 3.63) is 48.0 Å². The molecule has 65 valence electrons. The van der Waals surface area contributed by atoms with E-state index in [9.17, 15) is 0 Å². The Morgan fingerprint density at radius 1 is 1.08 bits per heavy atom. The van der Waals surface area contributed by atoms with Crippen LogP contribution in [-0.2, 0) is 0 Å². The predicted octanol–water partition coefficient (Wildman–Crippen LogP) is 3.76. The first kappa shape index (κ1) is 8.31. The Morgan fingerprint density at radius 2 is 1.92 bits per heavy atom. The molecule has 0 nitrogen and oxygen atoms in total. The van der Waals surface area contributed by atoms with Crippen LogP contribution in [0.4, 0.5) is 0 Å². The summed E-state index contributed by atoms with van der Waals surface area (Å²) in [5.74, 6) is 0.601. The Hall–Kier alpha value is -1.30. The van der Waals surface area contributed by atoms with Gasteiger partial charge in [0.15, 0.2) is 0 Å². The summed E-state index contributed by atoms with van der Waals surface area (Å²) in [5.41, 5.74) is 1.40. The minimum Gasteiger partial charge on any atom is -0.0587 e. The van der Waals surface area contributed by atoms with Gasteiger partial charge in [-0.25, -0.2) is 0 Å². The third-order valence-electron chi connectivity index (χ3n) is 2.38. The molecule has 0 atom stereocenters. The maximum absolute atomic E-state index is 3.10. The lowest BCUT2D eigenvalue weighted by Gasteiger charge is -2.06. The van der Waals surface area contributed by atoms with Gasteiger partial charge in [0.05, 0.1) is 0 Å². The Morgan fingerprint density at radius 3 is 2.69 bits per heavy atom. The highest BCUT2D eigenvalue weighted by Gasteiger charge is 1.99. The lowest BCUT2D eigenvalue weighted by Crippen LogP contribution is -1.86. The molecule has 0 aliphatic rings. The summed E-state index contributed by atoms with van der Waals surface area (Å²) in [6.07, 6.45) is 0. The van der Waals surface area contributed by atoms with Crippen molar-refractivity contribution in [2.45, 2.75) is 19.8 Å². The third-order valence-corrected chi connectivity index (χ3v) is 2.38. The van der Waals surface area contributed by atoms with Gasteiger partial charge in [-0.05, 0) is 34.4 Å². The highest BCUT2D eigenvalue weighted by molar-refractivity contribution is 5.82. The van der Waals surface area contributed by atoms with Gasteiger partial charge in [0.2, 0.25) is 0 Å². The van der Waals surface area contributed by atoms with E-state index in [1.54, 1.807) is 0 Å². The molecule has 0 heterocycles. The minimum atomic E-state index is 0.601. The molecule has 1 radical (unpaired) electrons. The minimum absolute atomic E-state index is 0.601. The fourth-order valence-electron chi connectivity index (χ4n) is 1.50. The van der Waals surface area contributed by atoms with E-state index < -0.39 is 0 Å². The molecule has 0 aliphatic carbocycles. The van der Waals surface area contributed by atoms with E-state index in [-0.39, 0.29) is 0 Å². The monoisotopic (exact) mass is 169 g/mol. The SMILES string of the molecule is CC(C)c1ccc2cc[c]cc2c1. The van der Waals surface area contributed by atoms with E-state index in [0.717, 1.165) is 0 Å². The van der Waals surface area contributed by atoms with Crippen LogP contribution >= 0.6 is 0 Å². The second-order valence-electron chi connectivity index (χ2n) is 3.69. The van der Waals surface area contributed by atoms with Crippen molar-refractivity contribution in [2.75, 3.05) is 0 Å². The fourth-order valence-corrected chi connectivity index (χ4v) is 1.50. The van der Waals surface area contributed by atoms with E-state index in [2.05, 4.69) is 44.2 Å². The smallest absolute Gasteiger partial charge is 0.0175 e. The third kappa shape index (κ3) is 1.57. The molecule has 0 fully saturated rings. The van der Waals surface area contributed by atoms with Gasteiger partial charge in [-0.3, -0.25) is 0 Å². The zero-order chi connectivity index (χ0) is 9.26. The Bertz CT molecular complexity index is 413. The van der Waals surface area contributed by atoms with Crippen LogP contribution in [0.2, 0.25) is 0 Å². The topological polar surface area (TPSA) is 0 Å². The van der Waals surface area contributed by atoms with Crippen LogP contribution in [0.25, 0.3) is 10.8 Å². The molecule has 0 heteroatoms. The lowest BCUT2D eigenvalue weighted by atomic mass is 9.99. The molecule has 0 bridgehead atoms. The second-order valence-corrected chi connectivity index (χ2v) is 3.69. The largest absolute Gasteiger partial charge is 0.0587 e. The molecule has 0 unspecified atom stereocenters. The standard InChI is InChI=1S/C13H13/c1-10(2)12-8-7-11-5-3-4-6-13(11)9-12/h3,5-10H,1-2H3. The molecule has 0 aromatic heterocycles. The van der Waals surface area contributed by atoms with Crippen LogP contribution < -0.4 is 0 Å². The van der Waals surface area contributed by atoms with Crippen LogP contribution in [0.5, 0.6) is 0 Å². The van der Waals surface area contributed by atoms with E-state index in [4.69, 9.17) is 0 Å². The Labute approximate surface area is 79.2 Å². The number of rotatable bonds is 1. The summed E-state index contributed by atoms with van der Waals surface area (Å²) in [7, 11) is 0. The van der Waals surface area contributed by atoms with E-state index in [1.165, 1.54) is 16.3 Å². The molecule has 2 aromatic carbocycles. The fraction of sp³-hybridized carbons (Fsp3) is 0.231. The van der Waals surface area contributed by atoms with Crippen LogP contribution in [0.1, 0.15) is 25.3 Å². The Kier molecular flexibility index (Phi) is 2.05. The molecule has 0 N–H and O–H groups in total. The molecule has 0 aliphatic heterocycles. The second kappa shape index (κ2) is 3.21.